The number of nitrogen functional groups attached to an aromatic ring is 1. The molecule has 0 amide bonds. The maximum Gasteiger partial charge on any atom is 0.0875 e. The minimum absolute atomic E-state index is 0.434. The molecule has 5 heteroatoms. The number of nitrogens with zero attached hydrogens (tertiary/aromatic N) is 1. The molecule has 2 rings (SSSR count). The molecule has 0 saturated heterocycles. The van der Waals surface area contributed by atoms with Crippen molar-refractivity contribution in [3.8, 4) is 0 Å². The molecule has 1 aromatic heterocycles. The fraction of sp³-hybridized carbons (Fsp3) is 0.100. The normalized spacial score (nSPS) is 10.9. The monoisotopic (exact) mass is 304 g/mol. The van der Waals surface area contributed by atoms with Gasteiger partial charge in [0.2, 0.25) is 0 Å². The summed E-state index contributed by atoms with van der Waals surface area (Å²) in [6.45, 7) is 1.91. The molecule has 1 aromatic carbocycles. The molecule has 2 nitrogen and oxygen atoms in total. The molecule has 0 fully saturated rings. The molecule has 0 aliphatic carbocycles. The van der Waals surface area contributed by atoms with Gasteiger partial charge in [0.25, 0.3) is 0 Å². The number of halogens is 3. The van der Waals surface area contributed by atoms with Crippen LogP contribution in [0, 0.1) is 6.92 Å². The second kappa shape index (κ2) is 3.81. The largest absolute Gasteiger partial charge is 0.396 e. The standard InChI is InChI=1S/C10H7BrCl2N2/c1-4-2-5(11)10-7(8(4)12)9(13)6(14)3-15-10/h2-3H,14H2,1H3. The summed E-state index contributed by atoms with van der Waals surface area (Å²) in [5.41, 5.74) is 7.78. The van der Waals surface area contributed by atoms with Crippen molar-refractivity contribution in [1.29, 1.82) is 0 Å². The Morgan fingerprint density at radius 2 is 2.00 bits per heavy atom. The average molecular weight is 306 g/mol. The van der Waals surface area contributed by atoms with Crippen LogP contribution in [0.15, 0.2) is 16.7 Å². The molecule has 1 heterocycles. The lowest BCUT2D eigenvalue weighted by Gasteiger charge is -2.08. The van der Waals surface area contributed by atoms with E-state index < -0.39 is 0 Å². The Labute approximate surface area is 106 Å². The summed E-state index contributed by atoms with van der Waals surface area (Å²) in [5, 5.41) is 1.75. The quantitative estimate of drug-likeness (QED) is 0.792. The molecular formula is C10H7BrCl2N2. The zero-order valence-electron chi connectivity index (χ0n) is 7.81. The Hall–Kier alpha value is -0.510. The molecule has 0 saturated carbocycles. The number of hydrogen-bond acceptors (Lipinski definition) is 2. The lowest BCUT2D eigenvalue weighted by Crippen LogP contribution is -1.92. The van der Waals surface area contributed by atoms with E-state index in [0.29, 0.717) is 21.1 Å². The van der Waals surface area contributed by atoms with Crippen LogP contribution in [-0.2, 0) is 0 Å². The zero-order chi connectivity index (χ0) is 11.2. The van der Waals surface area contributed by atoms with Gasteiger partial charge in [0, 0.05) is 9.86 Å². The molecule has 0 radical (unpaired) electrons. The van der Waals surface area contributed by atoms with Crippen molar-refractivity contribution in [3.63, 3.8) is 0 Å². The number of fused-ring (bicyclic) bond motifs is 1. The van der Waals surface area contributed by atoms with Crippen LogP contribution in [0.1, 0.15) is 5.56 Å². The first-order chi connectivity index (χ1) is 7.02. The summed E-state index contributed by atoms with van der Waals surface area (Å²) in [6, 6.07) is 1.91. The van der Waals surface area contributed by atoms with E-state index in [-0.39, 0.29) is 0 Å². The van der Waals surface area contributed by atoms with E-state index >= 15 is 0 Å². The highest BCUT2D eigenvalue weighted by molar-refractivity contribution is 9.10. The number of benzene rings is 1. The van der Waals surface area contributed by atoms with E-state index in [4.69, 9.17) is 28.9 Å². The van der Waals surface area contributed by atoms with Gasteiger partial charge in [-0.1, -0.05) is 23.2 Å². The second-order valence-corrected chi connectivity index (χ2v) is 4.85. The van der Waals surface area contributed by atoms with E-state index in [0.717, 1.165) is 15.6 Å². The molecule has 0 spiro atoms. The van der Waals surface area contributed by atoms with E-state index in [1.807, 2.05) is 13.0 Å². The summed E-state index contributed by atoms with van der Waals surface area (Å²) < 4.78 is 0.862. The fourth-order valence-corrected chi connectivity index (χ4v) is 2.57. The first-order valence-electron chi connectivity index (χ1n) is 4.20. The Morgan fingerprint density at radius 3 is 2.67 bits per heavy atom. The molecular weight excluding hydrogens is 299 g/mol. The molecule has 0 atom stereocenters. The highest BCUT2D eigenvalue weighted by Crippen LogP contribution is 2.38. The van der Waals surface area contributed by atoms with Gasteiger partial charge in [-0.3, -0.25) is 4.98 Å². The number of aromatic nitrogens is 1. The van der Waals surface area contributed by atoms with Crippen molar-refractivity contribution in [2.75, 3.05) is 5.73 Å². The molecule has 0 bridgehead atoms. The Kier molecular flexibility index (Phi) is 2.79. The summed E-state index contributed by atoms with van der Waals surface area (Å²) in [7, 11) is 0. The first kappa shape index (κ1) is 11.0. The number of nitrogens with two attached hydrogens (primary N) is 1. The van der Waals surface area contributed by atoms with Crippen LogP contribution < -0.4 is 5.73 Å². The SMILES string of the molecule is Cc1cc(Br)c2ncc(N)c(Cl)c2c1Cl. The third-order valence-corrected chi connectivity index (χ3v) is 3.68. The Balaban J connectivity index is 3.04. The minimum Gasteiger partial charge on any atom is -0.396 e. The van der Waals surface area contributed by atoms with Crippen molar-refractivity contribution in [2.24, 2.45) is 0 Å². The topological polar surface area (TPSA) is 38.9 Å². The molecule has 2 N–H and O–H groups in total. The van der Waals surface area contributed by atoms with Crippen LogP contribution in [0.5, 0.6) is 0 Å². The average Bonchev–Trinajstić information content (AvgIpc) is 2.19. The Bertz CT molecular complexity index is 547. The van der Waals surface area contributed by atoms with Crippen molar-refractivity contribution < 1.29 is 0 Å². The summed E-state index contributed by atoms with van der Waals surface area (Å²) in [5.74, 6) is 0. The van der Waals surface area contributed by atoms with Crippen molar-refractivity contribution in [1.82, 2.24) is 4.98 Å². The first-order valence-corrected chi connectivity index (χ1v) is 5.75. The number of anilines is 1. The van der Waals surface area contributed by atoms with E-state index in [1.54, 1.807) is 0 Å². The summed E-state index contributed by atoms with van der Waals surface area (Å²) >= 11 is 15.7. The van der Waals surface area contributed by atoms with Gasteiger partial charge in [-0.05, 0) is 34.5 Å². The Morgan fingerprint density at radius 1 is 1.33 bits per heavy atom. The highest BCUT2D eigenvalue weighted by atomic mass is 79.9. The second-order valence-electron chi connectivity index (χ2n) is 3.24. The number of hydrogen-bond donors (Lipinski definition) is 1. The third-order valence-electron chi connectivity index (χ3n) is 2.18. The zero-order valence-corrected chi connectivity index (χ0v) is 10.9. The third kappa shape index (κ3) is 1.69. The summed E-state index contributed by atoms with van der Waals surface area (Å²) in [4.78, 5) is 4.20. The van der Waals surface area contributed by atoms with E-state index in [1.165, 1.54) is 6.20 Å². The van der Waals surface area contributed by atoms with E-state index in [9.17, 15) is 0 Å². The van der Waals surface area contributed by atoms with Gasteiger partial charge in [0.05, 0.1) is 27.4 Å². The van der Waals surface area contributed by atoms with Crippen LogP contribution >= 0.6 is 39.1 Å². The maximum atomic E-state index is 6.17. The van der Waals surface area contributed by atoms with Gasteiger partial charge in [-0.2, -0.15) is 0 Å². The van der Waals surface area contributed by atoms with Crippen LogP contribution in [0.2, 0.25) is 10.0 Å². The lowest BCUT2D eigenvalue weighted by molar-refractivity contribution is 1.38. The van der Waals surface area contributed by atoms with Crippen LogP contribution in [0.4, 0.5) is 5.69 Å². The lowest BCUT2D eigenvalue weighted by atomic mass is 10.1. The van der Waals surface area contributed by atoms with Crippen LogP contribution in [0.3, 0.4) is 0 Å². The smallest absolute Gasteiger partial charge is 0.0875 e. The number of aryl methyl sites for hydroxylation is 1. The van der Waals surface area contributed by atoms with Gasteiger partial charge < -0.3 is 5.73 Å². The fourth-order valence-electron chi connectivity index (χ4n) is 1.40. The van der Waals surface area contributed by atoms with E-state index in [2.05, 4.69) is 20.9 Å². The number of rotatable bonds is 0. The van der Waals surface area contributed by atoms with Gasteiger partial charge in [0.15, 0.2) is 0 Å². The highest BCUT2D eigenvalue weighted by Gasteiger charge is 2.13. The van der Waals surface area contributed by atoms with Gasteiger partial charge in [0.1, 0.15) is 0 Å². The minimum atomic E-state index is 0.434. The van der Waals surface area contributed by atoms with Gasteiger partial charge in [-0.15, -0.1) is 0 Å². The predicted octanol–water partition coefficient (Wildman–Crippen LogP) is 4.19. The van der Waals surface area contributed by atoms with Crippen molar-refractivity contribution in [2.45, 2.75) is 6.92 Å². The van der Waals surface area contributed by atoms with Crippen molar-refractivity contribution >= 4 is 55.7 Å². The molecule has 0 aliphatic rings. The molecule has 0 aliphatic heterocycles. The predicted molar refractivity (Wildman–Crippen MR) is 68.6 cm³/mol. The van der Waals surface area contributed by atoms with Gasteiger partial charge >= 0.3 is 0 Å². The summed E-state index contributed by atoms with van der Waals surface area (Å²) in [6.07, 6.45) is 1.53. The molecule has 0 unspecified atom stereocenters. The molecule has 78 valence electrons. The molecule has 2 aromatic rings. The van der Waals surface area contributed by atoms with Crippen LogP contribution in [-0.4, -0.2) is 4.98 Å². The maximum absolute atomic E-state index is 6.17. The van der Waals surface area contributed by atoms with Crippen LogP contribution in [0.25, 0.3) is 10.9 Å². The molecule has 15 heavy (non-hydrogen) atoms. The number of pyridine rings is 1. The van der Waals surface area contributed by atoms with Gasteiger partial charge in [-0.25, -0.2) is 0 Å². The van der Waals surface area contributed by atoms with Crippen molar-refractivity contribution in [3.05, 3.63) is 32.3 Å².